The van der Waals surface area contributed by atoms with E-state index < -0.39 is 11.6 Å². The van der Waals surface area contributed by atoms with Crippen molar-refractivity contribution in [2.45, 2.75) is 31.0 Å². The van der Waals surface area contributed by atoms with Gasteiger partial charge in [-0.05, 0) is 64.2 Å². The fraction of sp³-hybridized carbons (Fsp3) is 0.179. The van der Waals surface area contributed by atoms with Crippen molar-refractivity contribution < 1.29 is 23.8 Å². The molecule has 6 rings (SSSR count). The van der Waals surface area contributed by atoms with Gasteiger partial charge in [0, 0.05) is 31.6 Å². The van der Waals surface area contributed by atoms with Crippen molar-refractivity contribution in [3.63, 3.8) is 0 Å². The van der Waals surface area contributed by atoms with E-state index >= 15 is 0 Å². The van der Waals surface area contributed by atoms with E-state index in [0.29, 0.717) is 36.8 Å². The first kappa shape index (κ1) is 31.7. The summed E-state index contributed by atoms with van der Waals surface area (Å²) in [5.74, 6) is 0.316. The normalized spacial score (nSPS) is 17.1. The molecular formula is C39H36FN3O4. The molecule has 1 heterocycles. The maximum atomic E-state index is 14.4. The molecule has 47 heavy (non-hydrogen) atoms. The van der Waals surface area contributed by atoms with Gasteiger partial charge >= 0.3 is 0 Å². The number of nitrogens with one attached hydrogen (secondary N) is 2. The number of carbonyl (C=O) groups excluding carboxylic acids is 1. The number of hydrazine groups is 1. The number of hydrogen-bond acceptors (Lipinski definition) is 6. The molecule has 0 radical (unpaired) electrons. The predicted octanol–water partition coefficient (Wildman–Crippen LogP) is 6.57. The standard InChI is InChI=1S/C39H36FN3O4/c40-34-20-12-29(13-21-34)27-41-43-38(45)39(26-28-8-3-1-4-9-28)36(32-16-14-31(15-17-32)30-10-5-2-6-11-30)47-37(42-39)33-18-22-35(23-19-33)46-25-7-24-44/h1-6,8-23,36,41,44H,7,24-27H2,(H,43,45)/t36-,39-/m0/s1. The monoisotopic (exact) mass is 629 g/mol. The van der Waals surface area contributed by atoms with Gasteiger partial charge in [0.15, 0.2) is 11.6 Å². The van der Waals surface area contributed by atoms with Crippen LogP contribution in [0.25, 0.3) is 11.1 Å². The van der Waals surface area contributed by atoms with Crippen molar-refractivity contribution in [2.24, 2.45) is 4.99 Å². The summed E-state index contributed by atoms with van der Waals surface area (Å²) in [6.45, 7) is 0.749. The minimum Gasteiger partial charge on any atom is -0.494 e. The number of hydrogen-bond donors (Lipinski definition) is 3. The molecule has 0 bridgehead atoms. The van der Waals surface area contributed by atoms with Gasteiger partial charge in [0.25, 0.3) is 5.91 Å². The number of rotatable bonds is 13. The fourth-order valence-electron chi connectivity index (χ4n) is 5.61. The summed E-state index contributed by atoms with van der Waals surface area (Å²) in [7, 11) is 0. The number of nitrogens with zero attached hydrogens (tertiary/aromatic N) is 1. The Kier molecular flexibility index (Phi) is 10.0. The largest absolute Gasteiger partial charge is 0.494 e. The second-order valence-corrected chi connectivity index (χ2v) is 11.4. The Balaban J connectivity index is 1.36. The summed E-state index contributed by atoms with van der Waals surface area (Å²) < 4.78 is 25.8. The lowest BCUT2D eigenvalue weighted by Gasteiger charge is -2.31. The van der Waals surface area contributed by atoms with Crippen LogP contribution in [0.1, 0.15) is 34.8 Å². The molecule has 0 aliphatic carbocycles. The molecule has 7 nitrogen and oxygen atoms in total. The predicted molar refractivity (Wildman–Crippen MR) is 180 cm³/mol. The van der Waals surface area contributed by atoms with E-state index in [4.69, 9.17) is 19.6 Å². The zero-order valence-electron chi connectivity index (χ0n) is 25.8. The van der Waals surface area contributed by atoms with Crippen LogP contribution in [-0.2, 0) is 22.5 Å². The molecule has 0 fully saturated rings. The highest BCUT2D eigenvalue weighted by Gasteiger charge is 2.53. The third kappa shape index (κ3) is 7.57. The Morgan fingerprint density at radius 1 is 0.787 bits per heavy atom. The Hall–Kier alpha value is -5.31. The number of aliphatic hydroxyl groups excluding tert-OH is 1. The van der Waals surface area contributed by atoms with Crippen LogP contribution in [0.4, 0.5) is 4.39 Å². The van der Waals surface area contributed by atoms with Gasteiger partial charge in [-0.15, -0.1) is 0 Å². The van der Waals surface area contributed by atoms with E-state index in [1.807, 2.05) is 97.1 Å². The van der Waals surface area contributed by atoms with Crippen LogP contribution in [0.2, 0.25) is 0 Å². The summed E-state index contributed by atoms with van der Waals surface area (Å²) in [4.78, 5) is 19.5. The molecule has 0 aromatic heterocycles. The van der Waals surface area contributed by atoms with E-state index in [1.165, 1.54) is 12.1 Å². The molecule has 1 amide bonds. The van der Waals surface area contributed by atoms with Crippen LogP contribution in [0.3, 0.4) is 0 Å². The van der Waals surface area contributed by atoms with E-state index in [9.17, 15) is 9.18 Å². The zero-order valence-corrected chi connectivity index (χ0v) is 25.8. The maximum Gasteiger partial charge on any atom is 0.266 e. The van der Waals surface area contributed by atoms with Crippen LogP contribution in [-0.4, -0.2) is 35.7 Å². The smallest absolute Gasteiger partial charge is 0.266 e. The minimum absolute atomic E-state index is 0.0563. The first-order valence-corrected chi connectivity index (χ1v) is 15.6. The maximum absolute atomic E-state index is 14.4. The first-order chi connectivity index (χ1) is 23.0. The third-order valence-corrected chi connectivity index (χ3v) is 8.07. The number of ether oxygens (including phenoxy) is 2. The Morgan fingerprint density at radius 2 is 1.43 bits per heavy atom. The van der Waals surface area contributed by atoms with E-state index in [0.717, 1.165) is 27.8 Å². The molecular weight excluding hydrogens is 593 g/mol. The molecule has 3 N–H and O–H groups in total. The molecule has 5 aromatic carbocycles. The molecule has 8 heteroatoms. The van der Waals surface area contributed by atoms with Gasteiger partial charge in [0.1, 0.15) is 11.6 Å². The fourth-order valence-corrected chi connectivity index (χ4v) is 5.61. The van der Waals surface area contributed by atoms with Gasteiger partial charge in [-0.3, -0.25) is 10.2 Å². The topological polar surface area (TPSA) is 92.2 Å². The lowest BCUT2D eigenvalue weighted by molar-refractivity contribution is -0.130. The summed E-state index contributed by atoms with van der Waals surface area (Å²) in [5.41, 5.74) is 9.89. The molecule has 5 aromatic rings. The highest BCUT2D eigenvalue weighted by molar-refractivity contribution is 6.01. The quantitative estimate of drug-likeness (QED) is 0.101. The van der Waals surface area contributed by atoms with Gasteiger partial charge in [0.2, 0.25) is 5.90 Å². The Morgan fingerprint density at radius 3 is 2.11 bits per heavy atom. The van der Waals surface area contributed by atoms with Crippen molar-refractivity contribution in [2.75, 3.05) is 13.2 Å². The molecule has 238 valence electrons. The molecule has 0 saturated carbocycles. The van der Waals surface area contributed by atoms with Gasteiger partial charge in [-0.25, -0.2) is 14.8 Å². The van der Waals surface area contributed by atoms with E-state index in [1.54, 1.807) is 12.1 Å². The third-order valence-electron chi connectivity index (χ3n) is 8.07. The van der Waals surface area contributed by atoms with Crippen LogP contribution >= 0.6 is 0 Å². The van der Waals surface area contributed by atoms with Gasteiger partial charge in [-0.2, -0.15) is 0 Å². The molecule has 1 aliphatic rings. The zero-order chi connectivity index (χ0) is 32.5. The minimum atomic E-state index is -1.38. The highest BCUT2D eigenvalue weighted by Crippen LogP contribution is 2.43. The number of carbonyl (C=O) groups is 1. The Labute approximate surface area is 273 Å². The molecule has 0 spiro atoms. The Bertz CT molecular complexity index is 1780. The highest BCUT2D eigenvalue weighted by atomic mass is 19.1. The van der Waals surface area contributed by atoms with Crippen LogP contribution in [0, 0.1) is 5.82 Å². The summed E-state index contributed by atoms with van der Waals surface area (Å²) >= 11 is 0. The van der Waals surface area contributed by atoms with Crippen molar-refractivity contribution in [3.05, 3.63) is 162 Å². The van der Waals surface area contributed by atoms with Crippen molar-refractivity contribution in [1.82, 2.24) is 10.9 Å². The second-order valence-electron chi connectivity index (χ2n) is 11.4. The lowest BCUT2D eigenvalue weighted by Crippen LogP contribution is -2.53. The SMILES string of the molecule is O=C(NNCc1ccc(F)cc1)[C@@]1(Cc2ccccc2)N=C(c2ccc(OCCCO)cc2)O[C@H]1c1ccc(-c2ccccc2)cc1. The number of amides is 1. The molecule has 0 saturated heterocycles. The molecule has 2 atom stereocenters. The lowest BCUT2D eigenvalue weighted by atomic mass is 9.82. The van der Waals surface area contributed by atoms with E-state index in [-0.39, 0.29) is 24.8 Å². The number of aliphatic hydroxyl groups is 1. The van der Waals surface area contributed by atoms with Gasteiger partial charge in [-0.1, -0.05) is 97.1 Å². The number of benzene rings is 5. The second kappa shape index (κ2) is 14.9. The summed E-state index contributed by atoms with van der Waals surface area (Å²) in [5, 5.41) is 9.08. The van der Waals surface area contributed by atoms with Gasteiger partial charge < -0.3 is 14.6 Å². The summed E-state index contributed by atoms with van der Waals surface area (Å²) in [6.07, 6.45) is 0.0550. The van der Waals surface area contributed by atoms with Crippen LogP contribution in [0.5, 0.6) is 5.75 Å². The van der Waals surface area contributed by atoms with Gasteiger partial charge in [0.05, 0.1) is 6.61 Å². The van der Waals surface area contributed by atoms with Crippen LogP contribution in [0.15, 0.2) is 138 Å². The average molecular weight is 630 g/mol. The van der Waals surface area contributed by atoms with Crippen molar-refractivity contribution in [3.8, 4) is 16.9 Å². The first-order valence-electron chi connectivity index (χ1n) is 15.6. The summed E-state index contributed by atoms with van der Waals surface area (Å²) in [6, 6.07) is 41.3. The van der Waals surface area contributed by atoms with Crippen LogP contribution < -0.4 is 15.6 Å². The number of aliphatic imine (C=N–C) groups is 1. The molecule has 0 unspecified atom stereocenters. The number of halogens is 1. The average Bonchev–Trinajstić information content (AvgIpc) is 3.50. The van der Waals surface area contributed by atoms with Crippen molar-refractivity contribution >= 4 is 11.8 Å². The molecule has 1 aliphatic heterocycles. The van der Waals surface area contributed by atoms with E-state index in [2.05, 4.69) is 23.0 Å². The van der Waals surface area contributed by atoms with Crippen molar-refractivity contribution in [1.29, 1.82) is 0 Å².